The van der Waals surface area contributed by atoms with Crippen LogP contribution >= 0.6 is 0 Å². The summed E-state index contributed by atoms with van der Waals surface area (Å²) in [5.41, 5.74) is 2.25. The third-order valence-corrected chi connectivity index (χ3v) is 5.79. The summed E-state index contributed by atoms with van der Waals surface area (Å²) < 4.78 is 0. The number of aliphatic hydroxyl groups is 1. The molecule has 0 aliphatic carbocycles. The van der Waals surface area contributed by atoms with Gasteiger partial charge in [-0.25, -0.2) is 0 Å². The fourth-order valence-electron chi connectivity index (χ4n) is 3.96. The molecule has 2 aromatic rings. The van der Waals surface area contributed by atoms with E-state index in [9.17, 15) is 14.4 Å². The number of carbonyl (C=O) groups is 3. The molecule has 1 aliphatic rings. The first kappa shape index (κ1) is 22.0. The van der Waals surface area contributed by atoms with Crippen LogP contribution in [0.5, 0.6) is 0 Å². The fourth-order valence-corrected chi connectivity index (χ4v) is 3.96. The number of nitrogens with zero attached hydrogens (tertiary/aromatic N) is 2. The minimum Gasteiger partial charge on any atom is -0.389 e. The number of aliphatic hydroxyl groups excluding tert-OH is 1. The Labute approximate surface area is 177 Å². The number of fused-ring (bicyclic) bond motifs is 1. The van der Waals surface area contributed by atoms with Gasteiger partial charge in [-0.15, -0.1) is 0 Å². The van der Waals surface area contributed by atoms with E-state index in [0.29, 0.717) is 58.3 Å². The molecule has 3 rings (SSSR count). The maximum absolute atomic E-state index is 12.6. The molecule has 0 bridgehead atoms. The Morgan fingerprint density at radius 1 is 0.867 bits per heavy atom. The van der Waals surface area contributed by atoms with Crippen LogP contribution in [0.4, 0.5) is 0 Å². The number of ketones is 1. The molecule has 2 heterocycles. The van der Waals surface area contributed by atoms with Crippen molar-refractivity contribution >= 4 is 28.5 Å². The minimum absolute atomic E-state index is 0.120. The molecule has 1 aromatic heterocycles. The molecular weight excluding hydrogens is 382 g/mol. The normalized spacial score (nSPS) is 14.3. The summed E-state index contributed by atoms with van der Waals surface area (Å²) in [6.07, 6.45) is 6.29. The SMILES string of the molecule is O=C(CO)CCCCCC(=O)N1CCN(C(=O)CCc2c[nH]c3ccccc23)CC1. The number of piperazine rings is 1. The summed E-state index contributed by atoms with van der Waals surface area (Å²) in [4.78, 5) is 42.9. The van der Waals surface area contributed by atoms with Gasteiger partial charge in [0.05, 0.1) is 0 Å². The lowest BCUT2D eigenvalue weighted by atomic mass is 10.1. The Balaban J connectivity index is 1.35. The van der Waals surface area contributed by atoms with E-state index in [1.165, 1.54) is 5.39 Å². The number of aromatic amines is 1. The van der Waals surface area contributed by atoms with Crippen LogP contribution in [0, 0.1) is 0 Å². The van der Waals surface area contributed by atoms with Gasteiger partial charge in [-0.2, -0.15) is 0 Å². The zero-order valence-electron chi connectivity index (χ0n) is 17.4. The van der Waals surface area contributed by atoms with Crippen LogP contribution in [-0.2, 0) is 20.8 Å². The zero-order chi connectivity index (χ0) is 21.3. The van der Waals surface area contributed by atoms with E-state index >= 15 is 0 Å². The number of H-pyrrole nitrogens is 1. The maximum atomic E-state index is 12.6. The van der Waals surface area contributed by atoms with Gasteiger partial charge in [0.1, 0.15) is 6.61 Å². The smallest absolute Gasteiger partial charge is 0.223 e. The highest BCUT2D eigenvalue weighted by Gasteiger charge is 2.23. The van der Waals surface area contributed by atoms with Gasteiger partial charge in [0, 0.05) is 62.5 Å². The van der Waals surface area contributed by atoms with Gasteiger partial charge in [0.25, 0.3) is 0 Å². The average Bonchev–Trinajstić information content (AvgIpc) is 3.20. The average molecular weight is 414 g/mol. The predicted octanol–water partition coefficient (Wildman–Crippen LogP) is 2.28. The number of para-hydroxylation sites is 1. The number of hydrogen-bond donors (Lipinski definition) is 2. The van der Waals surface area contributed by atoms with Gasteiger partial charge in [-0.1, -0.05) is 24.6 Å². The summed E-state index contributed by atoms with van der Waals surface area (Å²) >= 11 is 0. The monoisotopic (exact) mass is 413 g/mol. The number of rotatable bonds is 10. The van der Waals surface area contributed by atoms with Crippen molar-refractivity contribution in [2.45, 2.75) is 44.9 Å². The first-order chi connectivity index (χ1) is 14.6. The van der Waals surface area contributed by atoms with Crippen molar-refractivity contribution in [2.75, 3.05) is 32.8 Å². The van der Waals surface area contributed by atoms with E-state index in [2.05, 4.69) is 11.1 Å². The van der Waals surface area contributed by atoms with Gasteiger partial charge in [0.2, 0.25) is 11.8 Å². The van der Waals surface area contributed by atoms with E-state index in [1.54, 1.807) is 0 Å². The number of nitrogens with one attached hydrogen (secondary N) is 1. The van der Waals surface area contributed by atoms with E-state index in [4.69, 9.17) is 5.11 Å². The summed E-state index contributed by atoms with van der Waals surface area (Å²) in [5.74, 6) is 0.113. The minimum atomic E-state index is -0.399. The van der Waals surface area contributed by atoms with Gasteiger partial charge >= 0.3 is 0 Å². The van der Waals surface area contributed by atoms with E-state index in [0.717, 1.165) is 23.9 Å². The number of aryl methyl sites for hydroxylation is 1. The molecule has 0 atom stereocenters. The Morgan fingerprint density at radius 3 is 2.20 bits per heavy atom. The Bertz CT molecular complexity index is 868. The van der Waals surface area contributed by atoms with Crippen LogP contribution in [-0.4, -0.2) is 70.3 Å². The molecule has 0 unspecified atom stereocenters. The van der Waals surface area contributed by atoms with Gasteiger partial charge in [-0.3, -0.25) is 14.4 Å². The lowest BCUT2D eigenvalue weighted by molar-refractivity contribution is -0.139. The van der Waals surface area contributed by atoms with Crippen LogP contribution in [0.25, 0.3) is 10.9 Å². The number of benzene rings is 1. The largest absolute Gasteiger partial charge is 0.389 e. The summed E-state index contributed by atoms with van der Waals surface area (Å²) in [6, 6.07) is 8.10. The highest BCUT2D eigenvalue weighted by Crippen LogP contribution is 2.19. The maximum Gasteiger partial charge on any atom is 0.223 e. The van der Waals surface area contributed by atoms with E-state index in [-0.39, 0.29) is 17.6 Å². The molecule has 30 heavy (non-hydrogen) atoms. The van der Waals surface area contributed by atoms with Crippen LogP contribution < -0.4 is 0 Å². The van der Waals surface area contributed by atoms with E-state index in [1.807, 2.05) is 34.2 Å². The number of unbranched alkanes of at least 4 members (excludes halogenated alkanes) is 2. The number of Topliss-reactive ketones (excluding diaryl/α,β-unsaturated/α-hetero) is 1. The number of amides is 2. The van der Waals surface area contributed by atoms with E-state index < -0.39 is 6.61 Å². The van der Waals surface area contributed by atoms with Crippen molar-refractivity contribution in [3.05, 3.63) is 36.0 Å². The molecule has 0 spiro atoms. The van der Waals surface area contributed by atoms with Crippen molar-refractivity contribution in [2.24, 2.45) is 0 Å². The van der Waals surface area contributed by atoms with Gasteiger partial charge in [-0.05, 0) is 30.9 Å². The molecule has 1 saturated heterocycles. The molecule has 1 fully saturated rings. The first-order valence-corrected chi connectivity index (χ1v) is 10.8. The lowest BCUT2D eigenvalue weighted by Gasteiger charge is -2.35. The number of hydrogen-bond acceptors (Lipinski definition) is 4. The van der Waals surface area contributed by atoms with Gasteiger partial charge in [0.15, 0.2) is 5.78 Å². The Kier molecular flexibility index (Phi) is 8.02. The Hall–Kier alpha value is -2.67. The first-order valence-electron chi connectivity index (χ1n) is 10.8. The number of aromatic nitrogens is 1. The molecule has 2 amide bonds. The fraction of sp³-hybridized carbons (Fsp3) is 0.522. The zero-order valence-corrected chi connectivity index (χ0v) is 17.4. The second kappa shape index (κ2) is 10.9. The second-order valence-corrected chi connectivity index (χ2v) is 7.88. The molecule has 1 aromatic carbocycles. The highest BCUT2D eigenvalue weighted by molar-refractivity contribution is 5.84. The third kappa shape index (κ3) is 5.92. The predicted molar refractivity (Wildman–Crippen MR) is 115 cm³/mol. The topological polar surface area (TPSA) is 93.7 Å². The molecule has 2 N–H and O–H groups in total. The molecule has 0 radical (unpaired) electrons. The molecule has 7 heteroatoms. The molecular formula is C23H31N3O4. The highest BCUT2D eigenvalue weighted by atomic mass is 16.3. The van der Waals surface area contributed by atoms with Crippen molar-refractivity contribution in [3.63, 3.8) is 0 Å². The van der Waals surface area contributed by atoms with Gasteiger partial charge < -0.3 is 19.9 Å². The summed E-state index contributed by atoms with van der Waals surface area (Å²) in [7, 11) is 0. The molecule has 1 aliphatic heterocycles. The second-order valence-electron chi connectivity index (χ2n) is 7.88. The van der Waals surface area contributed by atoms with Crippen molar-refractivity contribution in [3.8, 4) is 0 Å². The van der Waals surface area contributed by atoms with Crippen LogP contribution in [0.3, 0.4) is 0 Å². The standard InChI is InChI=1S/C23H31N3O4/c27-17-19(28)6-2-1-3-9-22(29)25-12-14-26(15-13-25)23(30)11-10-18-16-24-21-8-5-4-7-20(18)21/h4-5,7-8,16,24,27H,1-3,6,9-15,17H2. The van der Waals surface area contributed by atoms with Crippen LogP contribution in [0.2, 0.25) is 0 Å². The van der Waals surface area contributed by atoms with Crippen molar-refractivity contribution < 1.29 is 19.5 Å². The summed E-state index contributed by atoms with van der Waals surface area (Å²) in [6.45, 7) is 1.94. The molecule has 162 valence electrons. The van der Waals surface area contributed by atoms with Crippen LogP contribution in [0.1, 0.15) is 44.1 Å². The summed E-state index contributed by atoms with van der Waals surface area (Å²) in [5, 5.41) is 9.86. The molecule has 0 saturated carbocycles. The van der Waals surface area contributed by atoms with Crippen LogP contribution in [0.15, 0.2) is 30.5 Å². The lowest BCUT2D eigenvalue weighted by Crippen LogP contribution is -2.50. The molecule has 7 nitrogen and oxygen atoms in total. The van der Waals surface area contributed by atoms with Crippen molar-refractivity contribution in [1.29, 1.82) is 0 Å². The number of carbonyl (C=O) groups excluding carboxylic acids is 3. The van der Waals surface area contributed by atoms with Crippen molar-refractivity contribution in [1.82, 2.24) is 14.8 Å². The quantitative estimate of drug-likeness (QED) is 0.585. The third-order valence-electron chi connectivity index (χ3n) is 5.79. The Morgan fingerprint density at radius 2 is 1.50 bits per heavy atom.